The van der Waals surface area contributed by atoms with Crippen LogP contribution in [0.15, 0.2) is 0 Å². The van der Waals surface area contributed by atoms with Crippen LogP contribution >= 0.6 is 0 Å². The van der Waals surface area contributed by atoms with Gasteiger partial charge in [-0.25, -0.2) is 4.21 Å². The van der Waals surface area contributed by atoms with Crippen LogP contribution in [-0.2, 0) is 14.5 Å². The van der Waals surface area contributed by atoms with Gasteiger partial charge in [-0.1, -0.05) is 0 Å². The molecule has 0 bridgehead atoms. The Morgan fingerprint density at radius 1 is 1.88 bits per heavy atom. The highest BCUT2D eigenvalue weighted by Gasteiger charge is 2.02. The normalized spacial score (nSPS) is 17.1. The summed E-state index contributed by atoms with van der Waals surface area (Å²) in [6.07, 6.45) is 1.10. The Morgan fingerprint density at radius 3 is 2.25 bits per heavy atom. The van der Waals surface area contributed by atoms with Gasteiger partial charge < -0.3 is 5.11 Å². The van der Waals surface area contributed by atoms with Crippen LogP contribution in [0, 0.1) is 4.78 Å². The van der Waals surface area contributed by atoms with Gasteiger partial charge in [-0.2, -0.15) is 0 Å². The van der Waals surface area contributed by atoms with E-state index in [2.05, 4.69) is 0 Å². The third kappa shape index (κ3) is 5.42. The highest BCUT2D eigenvalue weighted by molar-refractivity contribution is 7.92. The van der Waals surface area contributed by atoms with Gasteiger partial charge in [0.1, 0.15) is 5.75 Å². The van der Waals surface area contributed by atoms with Crippen LogP contribution in [-0.4, -0.2) is 27.3 Å². The van der Waals surface area contributed by atoms with Gasteiger partial charge in [0, 0.05) is 6.26 Å². The molecule has 0 aromatic heterocycles. The molecule has 0 radical (unpaired) electrons. The Labute approximate surface area is 47.5 Å². The molecule has 0 spiro atoms. The lowest BCUT2D eigenvalue weighted by Crippen LogP contribution is -2.11. The third-order valence-corrected chi connectivity index (χ3v) is 1.20. The average Bonchev–Trinajstić information content (AvgIpc) is 1.21. The molecule has 2 N–H and O–H groups in total. The van der Waals surface area contributed by atoms with Crippen molar-refractivity contribution in [2.75, 3.05) is 12.0 Å². The van der Waals surface area contributed by atoms with Gasteiger partial charge in [-0.15, -0.1) is 0 Å². The Bertz CT molecular complexity index is 181. The molecule has 1 atom stereocenters. The molecule has 0 aromatic rings. The van der Waals surface area contributed by atoms with E-state index in [0.717, 1.165) is 6.26 Å². The zero-order valence-corrected chi connectivity index (χ0v) is 5.20. The van der Waals surface area contributed by atoms with Crippen molar-refractivity contribution in [3.8, 4) is 0 Å². The van der Waals surface area contributed by atoms with Crippen molar-refractivity contribution >= 4 is 15.7 Å². The first-order valence-corrected chi connectivity index (χ1v) is 3.98. The monoisotopic (exact) mass is 137 g/mol. The van der Waals surface area contributed by atoms with Crippen LogP contribution in [0.5, 0.6) is 0 Å². The predicted molar refractivity (Wildman–Crippen MR) is 29.3 cm³/mol. The van der Waals surface area contributed by atoms with Crippen molar-refractivity contribution in [1.82, 2.24) is 0 Å². The molecule has 0 saturated carbocycles. The lowest BCUT2D eigenvalue weighted by atomic mass is 10.8. The summed E-state index contributed by atoms with van der Waals surface area (Å²) in [6.45, 7) is 0. The fourth-order valence-electron chi connectivity index (χ4n) is 0.236. The first kappa shape index (κ1) is 7.42. The number of carboxylic acids is 1. The molecule has 1 unspecified atom stereocenters. The Morgan fingerprint density at radius 2 is 2.25 bits per heavy atom. The summed E-state index contributed by atoms with van der Waals surface area (Å²) in [5.74, 6) is -1.75. The molecule has 0 amide bonds. The molecule has 8 heavy (non-hydrogen) atoms. The van der Waals surface area contributed by atoms with E-state index < -0.39 is 21.5 Å². The van der Waals surface area contributed by atoms with Gasteiger partial charge in [-0.05, 0) is 0 Å². The summed E-state index contributed by atoms with van der Waals surface area (Å²) < 4.78 is 16.9. The van der Waals surface area contributed by atoms with Gasteiger partial charge >= 0.3 is 5.97 Å². The van der Waals surface area contributed by atoms with Crippen molar-refractivity contribution in [2.45, 2.75) is 0 Å². The summed E-state index contributed by atoms with van der Waals surface area (Å²) >= 11 is 0. The van der Waals surface area contributed by atoms with Crippen LogP contribution in [0.4, 0.5) is 0 Å². The number of hydrogen-bond donors (Lipinski definition) is 2. The van der Waals surface area contributed by atoms with Gasteiger partial charge in [0.2, 0.25) is 0 Å². The van der Waals surface area contributed by atoms with E-state index in [4.69, 9.17) is 9.89 Å². The van der Waals surface area contributed by atoms with Gasteiger partial charge in [0.05, 0.1) is 9.73 Å². The molecular formula is C3H7NO3S. The number of carbonyl (C=O) groups is 1. The maximum Gasteiger partial charge on any atom is 0.317 e. The van der Waals surface area contributed by atoms with E-state index in [1.54, 1.807) is 0 Å². The van der Waals surface area contributed by atoms with E-state index >= 15 is 0 Å². The van der Waals surface area contributed by atoms with Crippen molar-refractivity contribution in [2.24, 2.45) is 0 Å². The van der Waals surface area contributed by atoms with E-state index in [1.807, 2.05) is 0 Å². The van der Waals surface area contributed by atoms with Crippen molar-refractivity contribution in [1.29, 1.82) is 4.78 Å². The van der Waals surface area contributed by atoms with Gasteiger partial charge in [0.25, 0.3) is 0 Å². The minimum Gasteiger partial charge on any atom is -0.481 e. The molecule has 4 nitrogen and oxygen atoms in total. The molecule has 0 aliphatic rings. The maximum absolute atomic E-state index is 10.3. The second-order valence-corrected chi connectivity index (χ2v) is 3.84. The Kier molecular flexibility index (Phi) is 1.97. The van der Waals surface area contributed by atoms with E-state index in [0.29, 0.717) is 0 Å². The fourth-order valence-corrected chi connectivity index (χ4v) is 0.707. The molecule has 0 fully saturated rings. The minimum atomic E-state index is -2.82. The molecule has 5 heteroatoms. The highest BCUT2D eigenvalue weighted by atomic mass is 32.2. The molecule has 48 valence electrons. The third-order valence-electron chi connectivity index (χ3n) is 0.399. The second-order valence-electron chi connectivity index (χ2n) is 1.54. The number of carboxylic acid groups (broad SMARTS) is 1. The van der Waals surface area contributed by atoms with Gasteiger partial charge in [-0.3, -0.25) is 9.57 Å². The first-order chi connectivity index (χ1) is 3.42. The maximum atomic E-state index is 10.3. The summed E-state index contributed by atoms with van der Waals surface area (Å²) in [5, 5.41) is 7.95. The lowest BCUT2D eigenvalue weighted by Gasteiger charge is -1.90. The zero-order valence-electron chi connectivity index (χ0n) is 4.38. The van der Waals surface area contributed by atoms with Crippen LogP contribution in [0.3, 0.4) is 0 Å². The Balaban J connectivity index is 3.95. The zero-order chi connectivity index (χ0) is 6.78. The SMILES string of the molecule is CS(=N)(=O)CC(=O)O. The number of nitrogens with one attached hydrogen (secondary N) is 1. The van der Waals surface area contributed by atoms with Crippen molar-refractivity contribution in [3.05, 3.63) is 0 Å². The summed E-state index contributed by atoms with van der Waals surface area (Å²) in [6, 6.07) is 0. The number of hydrogen-bond acceptors (Lipinski definition) is 3. The Hall–Kier alpha value is -0.580. The summed E-state index contributed by atoms with van der Waals surface area (Å²) in [7, 11) is -2.82. The smallest absolute Gasteiger partial charge is 0.317 e. The number of rotatable bonds is 2. The second kappa shape index (κ2) is 2.13. The fraction of sp³-hybridized carbons (Fsp3) is 0.667. The summed E-state index contributed by atoms with van der Waals surface area (Å²) in [4.78, 5) is 9.72. The van der Waals surface area contributed by atoms with Crippen LogP contribution in [0.1, 0.15) is 0 Å². The van der Waals surface area contributed by atoms with Crippen LogP contribution in [0.25, 0.3) is 0 Å². The lowest BCUT2D eigenvalue weighted by molar-refractivity contribution is -0.133. The topological polar surface area (TPSA) is 78.2 Å². The van der Waals surface area contributed by atoms with E-state index in [-0.39, 0.29) is 0 Å². The van der Waals surface area contributed by atoms with Gasteiger partial charge in [0.15, 0.2) is 0 Å². The summed E-state index contributed by atoms with van der Waals surface area (Å²) in [5.41, 5.74) is 0. The van der Waals surface area contributed by atoms with E-state index in [9.17, 15) is 9.00 Å². The minimum absolute atomic E-state index is 0.562. The predicted octanol–water partition coefficient (Wildman–Crippen LogP) is -0.252. The molecule has 0 aliphatic carbocycles. The molecule has 0 aromatic carbocycles. The standard InChI is InChI=1S/C3H7NO3S/c1-8(4,7)2-3(5)6/h4H,2H2,1H3,(H,5,6). The highest BCUT2D eigenvalue weighted by Crippen LogP contribution is 1.81. The molecule has 0 rings (SSSR count). The average molecular weight is 137 g/mol. The molecule has 0 aliphatic heterocycles. The van der Waals surface area contributed by atoms with Crippen LogP contribution < -0.4 is 0 Å². The number of aliphatic carboxylic acids is 1. The largest absolute Gasteiger partial charge is 0.481 e. The quantitative estimate of drug-likeness (QED) is 0.550. The van der Waals surface area contributed by atoms with Crippen LogP contribution in [0.2, 0.25) is 0 Å². The molecular weight excluding hydrogens is 130 g/mol. The molecule has 0 saturated heterocycles. The first-order valence-electron chi connectivity index (χ1n) is 1.85. The van der Waals surface area contributed by atoms with Crippen molar-refractivity contribution in [3.63, 3.8) is 0 Å². The van der Waals surface area contributed by atoms with E-state index in [1.165, 1.54) is 0 Å². The molecule has 0 heterocycles. The van der Waals surface area contributed by atoms with Crippen molar-refractivity contribution < 1.29 is 14.1 Å².